The zero-order chi connectivity index (χ0) is 15.2. The topological polar surface area (TPSA) is 23.6 Å². The fraction of sp³-hybridized carbons (Fsp3) is 0.316. The van der Waals surface area contributed by atoms with E-state index < -0.39 is 0 Å². The quantitative estimate of drug-likeness (QED) is 0.838. The van der Waals surface area contributed by atoms with Gasteiger partial charge in [-0.25, -0.2) is 4.79 Å². The zero-order valence-corrected chi connectivity index (χ0v) is 12.8. The number of urea groups is 1. The smallest absolute Gasteiger partial charge is 0.320 e. The van der Waals surface area contributed by atoms with Gasteiger partial charge in [-0.05, 0) is 24.0 Å². The van der Waals surface area contributed by atoms with E-state index in [1.165, 1.54) is 11.1 Å². The van der Waals surface area contributed by atoms with Gasteiger partial charge >= 0.3 is 6.03 Å². The van der Waals surface area contributed by atoms with E-state index in [9.17, 15) is 4.79 Å². The molecule has 1 fully saturated rings. The Morgan fingerprint density at radius 2 is 1.09 bits per heavy atom. The SMILES string of the molecule is O=C1N(Cc2ccccc2)CCCCN1Cc1ccccc1. The van der Waals surface area contributed by atoms with E-state index in [2.05, 4.69) is 24.3 Å². The van der Waals surface area contributed by atoms with Gasteiger partial charge in [0.2, 0.25) is 0 Å². The normalized spacial score (nSPS) is 15.7. The van der Waals surface area contributed by atoms with Crippen LogP contribution >= 0.6 is 0 Å². The first-order valence-electron chi connectivity index (χ1n) is 7.94. The van der Waals surface area contributed by atoms with E-state index in [1.54, 1.807) is 0 Å². The lowest BCUT2D eigenvalue weighted by molar-refractivity contribution is 0.158. The van der Waals surface area contributed by atoms with Gasteiger partial charge < -0.3 is 9.80 Å². The molecule has 0 saturated carbocycles. The standard InChI is InChI=1S/C19H22N2O/c22-19-20(15-17-9-3-1-4-10-17)13-7-8-14-21(19)16-18-11-5-2-6-12-18/h1-6,9-12H,7-8,13-16H2. The summed E-state index contributed by atoms with van der Waals surface area (Å²) in [7, 11) is 0. The Labute approximate surface area is 132 Å². The Kier molecular flexibility index (Phi) is 4.74. The minimum absolute atomic E-state index is 0.158. The third-order valence-corrected chi connectivity index (χ3v) is 4.08. The Morgan fingerprint density at radius 3 is 1.50 bits per heavy atom. The predicted molar refractivity (Wildman–Crippen MR) is 88.3 cm³/mol. The second-order valence-electron chi connectivity index (χ2n) is 5.80. The van der Waals surface area contributed by atoms with Crippen molar-refractivity contribution in [3.8, 4) is 0 Å². The van der Waals surface area contributed by atoms with Crippen molar-refractivity contribution in [3.05, 3.63) is 71.8 Å². The van der Waals surface area contributed by atoms with Gasteiger partial charge in [-0.3, -0.25) is 0 Å². The molecule has 0 atom stereocenters. The zero-order valence-electron chi connectivity index (χ0n) is 12.8. The van der Waals surface area contributed by atoms with E-state index in [4.69, 9.17) is 0 Å². The van der Waals surface area contributed by atoms with Crippen LogP contribution in [0.2, 0.25) is 0 Å². The monoisotopic (exact) mass is 294 g/mol. The molecule has 114 valence electrons. The van der Waals surface area contributed by atoms with Crippen LogP contribution in [0.25, 0.3) is 0 Å². The number of carbonyl (C=O) groups is 1. The molecule has 0 N–H and O–H groups in total. The van der Waals surface area contributed by atoms with Crippen molar-refractivity contribution < 1.29 is 4.79 Å². The lowest BCUT2D eigenvalue weighted by atomic mass is 10.2. The Bertz CT molecular complexity index is 544. The number of rotatable bonds is 4. The molecule has 0 unspecified atom stereocenters. The fourth-order valence-corrected chi connectivity index (χ4v) is 2.90. The molecule has 1 heterocycles. The second kappa shape index (κ2) is 7.12. The van der Waals surface area contributed by atoms with Gasteiger partial charge in [-0.15, -0.1) is 0 Å². The van der Waals surface area contributed by atoms with Crippen LogP contribution < -0.4 is 0 Å². The third kappa shape index (κ3) is 3.67. The highest BCUT2D eigenvalue weighted by molar-refractivity contribution is 5.74. The third-order valence-electron chi connectivity index (χ3n) is 4.08. The van der Waals surface area contributed by atoms with E-state index in [-0.39, 0.29) is 6.03 Å². The van der Waals surface area contributed by atoms with Crippen LogP contribution in [0.1, 0.15) is 24.0 Å². The molecule has 0 spiro atoms. The first-order valence-corrected chi connectivity index (χ1v) is 7.94. The van der Waals surface area contributed by atoms with Crippen molar-refractivity contribution in [1.82, 2.24) is 9.80 Å². The molecule has 3 heteroatoms. The van der Waals surface area contributed by atoms with Crippen LogP contribution in [-0.2, 0) is 13.1 Å². The van der Waals surface area contributed by atoms with Gasteiger partial charge in [-0.1, -0.05) is 60.7 Å². The van der Waals surface area contributed by atoms with Crippen molar-refractivity contribution in [2.45, 2.75) is 25.9 Å². The summed E-state index contributed by atoms with van der Waals surface area (Å²) >= 11 is 0. The molecule has 0 bridgehead atoms. The van der Waals surface area contributed by atoms with Gasteiger partial charge in [-0.2, -0.15) is 0 Å². The van der Waals surface area contributed by atoms with Crippen LogP contribution in [0.5, 0.6) is 0 Å². The summed E-state index contributed by atoms with van der Waals surface area (Å²) in [5.41, 5.74) is 2.38. The summed E-state index contributed by atoms with van der Waals surface area (Å²) in [6, 6.07) is 20.6. The van der Waals surface area contributed by atoms with Crippen LogP contribution in [0.4, 0.5) is 4.79 Å². The minimum atomic E-state index is 0.158. The van der Waals surface area contributed by atoms with Crippen LogP contribution in [0.3, 0.4) is 0 Å². The summed E-state index contributed by atoms with van der Waals surface area (Å²) in [4.78, 5) is 16.8. The van der Waals surface area contributed by atoms with E-state index in [0.717, 1.165) is 25.9 Å². The van der Waals surface area contributed by atoms with Gasteiger partial charge in [0, 0.05) is 26.2 Å². The summed E-state index contributed by atoms with van der Waals surface area (Å²) in [6.45, 7) is 3.09. The van der Waals surface area contributed by atoms with Crippen molar-refractivity contribution in [3.63, 3.8) is 0 Å². The predicted octanol–water partition coefficient (Wildman–Crippen LogP) is 3.90. The number of amides is 2. The number of hydrogen-bond donors (Lipinski definition) is 0. The van der Waals surface area contributed by atoms with E-state index in [1.807, 2.05) is 46.2 Å². The molecule has 1 saturated heterocycles. The fourth-order valence-electron chi connectivity index (χ4n) is 2.90. The molecular weight excluding hydrogens is 272 g/mol. The molecule has 2 aromatic carbocycles. The molecular formula is C19H22N2O. The highest BCUT2D eigenvalue weighted by Gasteiger charge is 2.23. The molecule has 0 aliphatic carbocycles. The Morgan fingerprint density at radius 1 is 0.682 bits per heavy atom. The first kappa shape index (κ1) is 14.6. The van der Waals surface area contributed by atoms with Gasteiger partial charge in [0.15, 0.2) is 0 Å². The van der Waals surface area contributed by atoms with Crippen LogP contribution in [0.15, 0.2) is 60.7 Å². The minimum Gasteiger partial charge on any atom is -0.320 e. The van der Waals surface area contributed by atoms with Crippen molar-refractivity contribution in [2.24, 2.45) is 0 Å². The van der Waals surface area contributed by atoms with Crippen molar-refractivity contribution in [1.29, 1.82) is 0 Å². The highest BCUT2D eigenvalue weighted by Crippen LogP contribution is 2.16. The maximum atomic E-state index is 12.8. The molecule has 22 heavy (non-hydrogen) atoms. The first-order chi connectivity index (χ1) is 10.8. The molecule has 3 rings (SSSR count). The number of nitrogens with zero attached hydrogens (tertiary/aromatic N) is 2. The largest absolute Gasteiger partial charge is 0.320 e. The maximum absolute atomic E-state index is 12.8. The van der Waals surface area contributed by atoms with E-state index >= 15 is 0 Å². The summed E-state index contributed by atoms with van der Waals surface area (Å²) in [6.07, 6.45) is 2.15. The molecule has 2 aromatic rings. The van der Waals surface area contributed by atoms with Crippen molar-refractivity contribution in [2.75, 3.05) is 13.1 Å². The average molecular weight is 294 g/mol. The molecule has 1 aliphatic rings. The molecule has 0 aromatic heterocycles. The summed E-state index contributed by atoms with van der Waals surface area (Å²) < 4.78 is 0. The van der Waals surface area contributed by atoms with Gasteiger partial charge in [0.25, 0.3) is 0 Å². The van der Waals surface area contributed by atoms with Gasteiger partial charge in [0.05, 0.1) is 0 Å². The molecule has 1 aliphatic heterocycles. The van der Waals surface area contributed by atoms with Crippen LogP contribution in [-0.4, -0.2) is 28.9 Å². The van der Waals surface area contributed by atoms with E-state index in [0.29, 0.717) is 13.1 Å². The lowest BCUT2D eigenvalue weighted by Crippen LogP contribution is -2.40. The summed E-state index contributed by atoms with van der Waals surface area (Å²) in [5, 5.41) is 0. The maximum Gasteiger partial charge on any atom is 0.320 e. The van der Waals surface area contributed by atoms with Crippen molar-refractivity contribution >= 4 is 6.03 Å². The second-order valence-corrected chi connectivity index (χ2v) is 5.80. The Balaban J connectivity index is 1.70. The molecule has 3 nitrogen and oxygen atoms in total. The highest BCUT2D eigenvalue weighted by atomic mass is 16.2. The molecule has 2 amide bonds. The summed E-state index contributed by atoms with van der Waals surface area (Å²) in [5.74, 6) is 0. The lowest BCUT2D eigenvalue weighted by Gasteiger charge is -2.27. The number of hydrogen-bond acceptors (Lipinski definition) is 1. The van der Waals surface area contributed by atoms with Gasteiger partial charge in [0.1, 0.15) is 0 Å². The number of carbonyl (C=O) groups excluding carboxylic acids is 1. The average Bonchev–Trinajstić information content (AvgIpc) is 2.73. The molecule has 0 radical (unpaired) electrons. The van der Waals surface area contributed by atoms with Crippen LogP contribution in [0, 0.1) is 0 Å². The number of benzene rings is 2. The Hall–Kier alpha value is -2.29.